The number of hydrogen-bond acceptors (Lipinski definition) is 2. The van der Waals surface area contributed by atoms with Crippen LogP contribution in [0.3, 0.4) is 0 Å². The summed E-state index contributed by atoms with van der Waals surface area (Å²) in [6.07, 6.45) is 5.80. The SMILES string of the molecule is O=CC1=CCCCCO1. The van der Waals surface area contributed by atoms with E-state index in [1.165, 1.54) is 0 Å². The Labute approximate surface area is 54.5 Å². The van der Waals surface area contributed by atoms with Crippen molar-refractivity contribution >= 4 is 6.29 Å². The van der Waals surface area contributed by atoms with Gasteiger partial charge >= 0.3 is 0 Å². The van der Waals surface area contributed by atoms with E-state index in [1.54, 1.807) is 0 Å². The van der Waals surface area contributed by atoms with Crippen molar-refractivity contribution in [1.29, 1.82) is 0 Å². The Kier molecular flexibility index (Phi) is 2.31. The summed E-state index contributed by atoms with van der Waals surface area (Å²) in [6.45, 7) is 0.699. The van der Waals surface area contributed by atoms with Gasteiger partial charge in [0.15, 0.2) is 12.0 Å². The van der Waals surface area contributed by atoms with Crippen LogP contribution in [0.25, 0.3) is 0 Å². The Morgan fingerprint density at radius 1 is 1.56 bits per heavy atom. The van der Waals surface area contributed by atoms with Gasteiger partial charge in [-0.1, -0.05) is 0 Å². The molecular weight excluding hydrogens is 116 g/mol. The van der Waals surface area contributed by atoms with E-state index in [0.717, 1.165) is 25.5 Å². The zero-order valence-electron chi connectivity index (χ0n) is 5.30. The molecule has 0 N–H and O–H groups in total. The van der Waals surface area contributed by atoms with E-state index in [0.29, 0.717) is 12.4 Å². The highest BCUT2D eigenvalue weighted by atomic mass is 16.5. The molecule has 0 fully saturated rings. The molecule has 0 bridgehead atoms. The number of allylic oxidation sites excluding steroid dienone is 2. The fourth-order valence-corrected chi connectivity index (χ4v) is 0.822. The quantitative estimate of drug-likeness (QED) is 0.494. The minimum absolute atomic E-state index is 0.507. The van der Waals surface area contributed by atoms with Gasteiger partial charge in [-0.05, 0) is 25.3 Å². The molecule has 0 saturated heterocycles. The van der Waals surface area contributed by atoms with Crippen LogP contribution >= 0.6 is 0 Å². The molecule has 0 atom stereocenters. The molecule has 1 heterocycles. The molecule has 50 valence electrons. The summed E-state index contributed by atoms with van der Waals surface area (Å²) in [5.41, 5.74) is 0. The summed E-state index contributed by atoms with van der Waals surface area (Å²) in [5, 5.41) is 0. The standard InChI is InChI=1S/C7H10O2/c8-6-7-4-2-1-3-5-9-7/h4,6H,1-3,5H2. The smallest absolute Gasteiger partial charge is 0.184 e. The summed E-state index contributed by atoms with van der Waals surface area (Å²) in [7, 11) is 0. The van der Waals surface area contributed by atoms with Gasteiger partial charge in [0.2, 0.25) is 0 Å². The van der Waals surface area contributed by atoms with E-state index in [9.17, 15) is 4.79 Å². The van der Waals surface area contributed by atoms with Gasteiger partial charge in [0.1, 0.15) is 0 Å². The molecule has 1 aliphatic heterocycles. The third kappa shape index (κ3) is 1.88. The molecule has 9 heavy (non-hydrogen) atoms. The molecule has 2 nitrogen and oxygen atoms in total. The average molecular weight is 126 g/mol. The van der Waals surface area contributed by atoms with Crippen molar-refractivity contribution in [3.05, 3.63) is 11.8 Å². The summed E-state index contributed by atoms with van der Waals surface area (Å²) >= 11 is 0. The molecule has 0 spiro atoms. The largest absolute Gasteiger partial charge is 0.491 e. The van der Waals surface area contributed by atoms with Gasteiger partial charge in [-0.2, -0.15) is 0 Å². The zero-order valence-corrected chi connectivity index (χ0v) is 5.30. The van der Waals surface area contributed by atoms with Gasteiger partial charge < -0.3 is 4.74 Å². The first kappa shape index (κ1) is 6.33. The van der Waals surface area contributed by atoms with Crippen molar-refractivity contribution in [2.24, 2.45) is 0 Å². The fraction of sp³-hybridized carbons (Fsp3) is 0.571. The molecule has 0 aromatic heterocycles. The number of carbonyl (C=O) groups excluding carboxylic acids is 1. The fourth-order valence-electron chi connectivity index (χ4n) is 0.822. The van der Waals surface area contributed by atoms with Crippen LogP contribution in [0.15, 0.2) is 11.8 Å². The molecule has 0 aromatic rings. The average Bonchev–Trinajstić information content (AvgIpc) is 2.13. The minimum atomic E-state index is 0.507. The molecular formula is C7H10O2. The van der Waals surface area contributed by atoms with Crippen LogP contribution in [-0.2, 0) is 9.53 Å². The van der Waals surface area contributed by atoms with E-state index in [4.69, 9.17) is 4.74 Å². The topological polar surface area (TPSA) is 26.3 Å². The van der Waals surface area contributed by atoms with E-state index in [-0.39, 0.29) is 0 Å². The van der Waals surface area contributed by atoms with Gasteiger partial charge in [-0.3, -0.25) is 4.79 Å². The second kappa shape index (κ2) is 3.28. The third-order valence-electron chi connectivity index (χ3n) is 1.33. The number of hydrogen-bond donors (Lipinski definition) is 0. The van der Waals surface area contributed by atoms with Gasteiger partial charge in [0.05, 0.1) is 6.61 Å². The van der Waals surface area contributed by atoms with Crippen molar-refractivity contribution in [1.82, 2.24) is 0 Å². The van der Waals surface area contributed by atoms with Crippen molar-refractivity contribution in [3.63, 3.8) is 0 Å². The Balaban J connectivity index is 2.46. The van der Waals surface area contributed by atoms with Crippen LogP contribution < -0.4 is 0 Å². The molecule has 0 saturated carbocycles. The van der Waals surface area contributed by atoms with Crippen LogP contribution in [-0.4, -0.2) is 12.9 Å². The first-order valence-electron chi connectivity index (χ1n) is 3.21. The van der Waals surface area contributed by atoms with Crippen molar-refractivity contribution in [2.75, 3.05) is 6.61 Å². The Morgan fingerprint density at radius 2 is 2.44 bits per heavy atom. The number of carbonyl (C=O) groups is 1. The second-order valence-corrected chi connectivity index (χ2v) is 2.07. The second-order valence-electron chi connectivity index (χ2n) is 2.07. The lowest BCUT2D eigenvalue weighted by atomic mass is 10.2. The first-order chi connectivity index (χ1) is 4.43. The maximum Gasteiger partial charge on any atom is 0.184 e. The van der Waals surface area contributed by atoms with Crippen LogP contribution in [0.4, 0.5) is 0 Å². The van der Waals surface area contributed by atoms with Gasteiger partial charge in [-0.15, -0.1) is 0 Å². The van der Waals surface area contributed by atoms with E-state index in [2.05, 4.69) is 0 Å². The van der Waals surface area contributed by atoms with Gasteiger partial charge in [0.25, 0.3) is 0 Å². The maximum atomic E-state index is 10.1. The van der Waals surface area contributed by atoms with Crippen LogP contribution in [0, 0.1) is 0 Å². The Bertz CT molecular complexity index is 127. The normalized spacial score (nSPS) is 19.3. The maximum absolute atomic E-state index is 10.1. The van der Waals surface area contributed by atoms with E-state index in [1.807, 2.05) is 6.08 Å². The molecule has 2 heteroatoms. The molecule has 1 rings (SSSR count). The Hall–Kier alpha value is -0.790. The molecule has 0 aliphatic carbocycles. The summed E-state index contributed by atoms with van der Waals surface area (Å²) in [6, 6.07) is 0. The summed E-state index contributed by atoms with van der Waals surface area (Å²) in [5.74, 6) is 0.507. The van der Waals surface area contributed by atoms with Crippen LogP contribution in [0.2, 0.25) is 0 Å². The summed E-state index contributed by atoms with van der Waals surface area (Å²) in [4.78, 5) is 10.1. The van der Waals surface area contributed by atoms with Crippen molar-refractivity contribution in [3.8, 4) is 0 Å². The number of aldehydes is 1. The molecule has 0 unspecified atom stereocenters. The highest BCUT2D eigenvalue weighted by Gasteiger charge is 1.99. The molecule has 0 radical (unpaired) electrons. The number of ether oxygens (including phenoxy) is 1. The highest BCUT2D eigenvalue weighted by Crippen LogP contribution is 2.07. The lowest BCUT2D eigenvalue weighted by Gasteiger charge is -1.97. The predicted octanol–water partition coefficient (Wildman–Crippen LogP) is 1.27. The lowest BCUT2D eigenvalue weighted by Crippen LogP contribution is -1.91. The zero-order chi connectivity index (χ0) is 6.53. The Morgan fingerprint density at radius 3 is 3.22 bits per heavy atom. The highest BCUT2D eigenvalue weighted by molar-refractivity contribution is 5.70. The van der Waals surface area contributed by atoms with E-state index < -0.39 is 0 Å². The van der Waals surface area contributed by atoms with E-state index >= 15 is 0 Å². The van der Waals surface area contributed by atoms with Gasteiger partial charge in [-0.25, -0.2) is 0 Å². The lowest BCUT2D eigenvalue weighted by molar-refractivity contribution is -0.107. The first-order valence-corrected chi connectivity index (χ1v) is 3.21. The van der Waals surface area contributed by atoms with Crippen molar-refractivity contribution in [2.45, 2.75) is 19.3 Å². The molecule has 0 aromatic carbocycles. The van der Waals surface area contributed by atoms with Crippen LogP contribution in [0.5, 0.6) is 0 Å². The van der Waals surface area contributed by atoms with Crippen LogP contribution in [0.1, 0.15) is 19.3 Å². The minimum Gasteiger partial charge on any atom is -0.491 e. The third-order valence-corrected chi connectivity index (χ3v) is 1.33. The predicted molar refractivity (Wildman–Crippen MR) is 33.9 cm³/mol. The molecule has 1 aliphatic rings. The molecule has 0 amide bonds. The van der Waals surface area contributed by atoms with Gasteiger partial charge in [0, 0.05) is 0 Å². The number of rotatable bonds is 1. The monoisotopic (exact) mass is 126 g/mol. The van der Waals surface area contributed by atoms with Crippen molar-refractivity contribution < 1.29 is 9.53 Å². The summed E-state index contributed by atoms with van der Waals surface area (Å²) < 4.78 is 5.05.